The normalized spacial score (nSPS) is 12.7. The zero-order valence-electron chi connectivity index (χ0n) is 17.8. The highest BCUT2D eigenvalue weighted by molar-refractivity contribution is 6.33. The van der Waals surface area contributed by atoms with Crippen LogP contribution in [0.25, 0.3) is 11.3 Å². The summed E-state index contributed by atoms with van der Waals surface area (Å²) < 4.78 is 17.0. The molecule has 0 aliphatic heterocycles. The third kappa shape index (κ3) is 5.81. The van der Waals surface area contributed by atoms with Crippen molar-refractivity contribution in [3.63, 3.8) is 0 Å². The van der Waals surface area contributed by atoms with E-state index in [2.05, 4.69) is 9.97 Å². The standard InChI is InChI=1S/C23H23Cl2N3O4/c1-4-30-22(29)13(2)16-7-5-6-8-20(16)32-14(3)31-15-9-10-17(18(24)11-15)19-12-21(25)28-23(26)27-19/h5-14H,4H2,1-3H3,(H2,26,27,28). The molecule has 2 aromatic carbocycles. The number of carbonyl (C=O) groups is 1. The van der Waals surface area contributed by atoms with Gasteiger partial charge in [-0.3, -0.25) is 4.79 Å². The number of nitrogens with two attached hydrogens (primary N) is 1. The molecule has 3 aromatic rings. The van der Waals surface area contributed by atoms with Crippen molar-refractivity contribution in [1.82, 2.24) is 9.97 Å². The number of aromatic nitrogens is 2. The summed E-state index contributed by atoms with van der Waals surface area (Å²) in [4.78, 5) is 20.2. The predicted molar refractivity (Wildman–Crippen MR) is 124 cm³/mol. The second kappa shape index (κ2) is 10.5. The first-order valence-electron chi connectivity index (χ1n) is 9.97. The van der Waals surface area contributed by atoms with Crippen LogP contribution in [0.4, 0.5) is 5.95 Å². The number of hydrogen-bond acceptors (Lipinski definition) is 7. The van der Waals surface area contributed by atoms with E-state index in [9.17, 15) is 4.79 Å². The van der Waals surface area contributed by atoms with Crippen molar-refractivity contribution < 1.29 is 19.0 Å². The molecule has 2 unspecified atom stereocenters. The minimum atomic E-state index is -0.656. The molecule has 3 rings (SSSR count). The zero-order valence-corrected chi connectivity index (χ0v) is 19.4. The molecule has 2 atom stereocenters. The molecule has 0 saturated carbocycles. The van der Waals surface area contributed by atoms with Crippen molar-refractivity contribution in [3.8, 4) is 22.8 Å². The Bertz CT molecular complexity index is 1090. The summed E-state index contributed by atoms with van der Waals surface area (Å²) in [5, 5.41) is 0.627. The lowest BCUT2D eigenvalue weighted by Crippen LogP contribution is -2.21. The van der Waals surface area contributed by atoms with Gasteiger partial charge >= 0.3 is 5.97 Å². The molecule has 0 saturated heterocycles. The highest BCUT2D eigenvalue weighted by Gasteiger charge is 2.21. The van der Waals surface area contributed by atoms with E-state index in [1.165, 1.54) is 0 Å². The second-order valence-corrected chi connectivity index (χ2v) is 7.69. The molecular weight excluding hydrogens is 453 g/mol. The first-order valence-corrected chi connectivity index (χ1v) is 10.7. The smallest absolute Gasteiger partial charge is 0.313 e. The van der Waals surface area contributed by atoms with E-state index < -0.39 is 12.2 Å². The summed E-state index contributed by atoms with van der Waals surface area (Å²) in [5.41, 5.74) is 7.52. The van der Waals surface area contributed by atoms with Crippen molar-refractivity contribution in [2.24, 2.45) is 0 Å². The Kier molecular flexibility index (Phi) is 7.77. The number of nitrogens with zero attached hydrogens (tertiary/aromatic N) is 2. The Morgan fingerprint density at radius 1 is 1.06 bits per heavy atom. The second-order valence-electron chi connectivity index (χ2n) is 6.89. The number of anilines is 1. The molecule has 0 aliphatic carbocycles. The number of halogens is 2. The average molecular weight is 476 g/mol. The Morgan fingerprint density at radius 2 is 1.81 bits per heavy atom. The fourth-order valence-electron chi connectivity index (χ4n) is 3.08. The summed E-state index contributed by atoms with van der Waals surface area (Å²) in [6.45, 7) is 5.61. The number of benzene rings is 2. The number of carbonyl (C=O) groups excluding carboxylic acids is 1. The molecule has 0 radical (unpaired) electrons. The van der Waals surface area contributed by atoms with Gasteiger partial charge in [-0.15, -0.1) is 0 Å². The quantitative estimate of drug-likeness (QED) is 0.260. The fraction of sp³-hybridized carbons (Fsp3) is 0.261. The number of hydrogen-bond donors (Lipinski definition) is 1. The lowest BCUT2D eigenvalue weighted by Gasteiger charge is -2.21. The monoisotopic (exact) mass is 475 g/mol. The van der Waals surface area contributed by atoms with Gasteiger partial charge in [-0.25, -0.2) is 9.97 Å². The Hall–Kier alpha value is -3.03. The van der Waals surface area contributed by atoms with Crippen LogP contribution in [-0.2, 0) is 9.53 Å². The molecule has 0 amide bonds. The van der Waals surface area contributed by atoms with E-state index in [-0.39, 0.29) is 17.1 Å². The van der Waals surface area contributed by atoms with Gasteiger partial charge in [0.1, 0.15) is 16.7 Å². The van der Waals surface area contributed by atoms with Crippen LogP contribution in [0, 0.1) is 0 Å². The average Bonchev–Trinajstić information content (AvgIpc) is 2.73. The molecule has 2 N–H and O–H groups in total. The van der Waals surface area contributed by atoms with Crippen LogP contribution in [0.15, 0.2) is 48.5 Å². The summed E-state index contributed by atoms with van der Waals surface area (Å²) in [7, 11) is 0. The highest BCUT2D eigenvalue weighted by Crippen LogP contribution is 2.33. The molecule has 32 heavy (non-hydrogen) atoms. The van der Waals surface area contributed by atoms with Gasteiger partial charge in [-0.1, -0.05) is 41.4 Å². The Balaban J connectivity index is 1.74. The highest BCUT2D eigenvalue weighted by atomic mass is 35.5. The van der Waals surface area contributed by atoms with Crippen LogP contribution in [0.5, 0.6) is 11.5 Å². The fourth-order valence-corrected chi connectivity index (χ4v) is 3.54. The predicted octanol–water partition coefficient (Wildman–Crippen LogP) is 5.50. The van der Waals surface area contributed by atoms with Crippen molar-refractivity contribution in [3.05, 3.63) is 64.3 Å². The van der Waals surface area contributed by atoms with E-state index >= 15 is 0 Å². The molecule has 9 heteroatoms. The minimum absolute atomic E-state index is 0.0571. The van der Waals surface area contributed by atoms with Crippen molar-refractivity contribution in [2.45, 2.75) is 33.0 Å². The third-order valence-corrected chi connectivity index (χ3v) is 5.06. The van der Waals surface area contributed by atoms with Gasteiger partial charge in [0.2, 0.25) is 12.2 Å². The van der Waals surface area contributed by atoms with Crippen molar-refractivity contribution in [2.75, 3.05) is 12.3 Å². The Morgan fingerprint density at radius 3 is 2.50 bits per heavy atom. The number of ether oxygens (including phenoxy) is 3. The maximum Gasteiger partial charge on any atom is 0.313 e. The molecule has 1 aromatic heterocycles. The summed E-state index contributed by atoms with van der Waals surface area (Å²) in [6, 6.07) is 14.0. The molecule has 0 aliphatic rings. The molecular formula is C23H23Cl2N3O4. The van der Waals surface area contributed by atoms with Gasteiger partial charge in [-0.2, -0.15) is 0 Å². The van der Waals surface area contributed by atoms with E-state index in [1.54, 1.807) is 51.1 Å². The molecule has 168 valence electrons. The number of para-hydroxylation sites is 1. The van der Waals surface area contributed by atoms with Gasteiger partial charge in [0.25, 0.3) is 0 Å². The van der Waals surface area contributed by atoms with Crippen LogP contribution in [0.2, 0.25) is 10.2 Å². The largest absolute Gasteiger partial charge is 0.466 e. The summed E-state index contributed by atoms with van der Waals surface area (Å²) >= 11 is 12.4. The maximum absolute atomic E-state index is 12.2. The topological polar surface area (TPSA) is 96.6 Å². The lowest BCUT2D eigenvalue weighted by molar-refractivity contribution is -0.144. The number of rotatable bonds is 8. The van der Waals surface area contributed by atoms with Crippen LogP contribution < -0.4 is 15.2 Å². The van der Waals surface area contributed by atoms with E-state index in [0.717, 1.165) is 0 Å². The summed E-state index contributed by atoms with van der Waals surface area (Å²) in [6.07, 6.45) is -0.656. The third-order valence-electron chi connectivity index (χ3n) is 4.55. The van der Waals surface area contributed by atoms with Crippen molar-refractivity contribution >= 4 is 35.1 Å². The molecule has 0 spiro atoms. The van der Waals surface area contributed by atoms with Crippen LogP contribution >= 0.6 is 23.2 Å². The van der Waals surface area contributed by atoms with Crippen LogP contribution in [0.3, 0.4) is 0 Å². The van der Waals surface area contributed by atoms with Gasteiger partial charge in [0.05, 0.1) is 23.2 Å². The molecule has 7 nitrogen and oxygen atoms in total. The number of nitrogen functional groups attached to an aromatic ring is 1. The van der Waals surface area contributed by atoms with Gasteiger partial charge in [0, 0.05) is 24.1 Å². The first-order chi connectivity index (χ1) is 15.3. The van der Waals surface area contributed by atoms with E-state index in [1.807, 2.05) is 18.2 Å². The molecule has 0 bridgehead atoms. The molecule has 1 heterocycles. The van der Waals surface area contributed by atoms with Crippen molar-refractivity contribution in [1.29, 1.82) is 0 Å². The minimum Gasteiger partial charge on any atom is -0.466 e. The van der Waals surface area contributed by atoms with E-state index in [0.29, 0.717) is 39.9 Å². The lowest BCUT2D eigenvalue weighted by atomic mass is 10.0. The van der Waals surface area contributed by atoms with Gasteiger partial charge < -0.3 is 19.9 Å². The van der Waals surface area contributed by atoms with Gasteiger partial charge in [-0.05, 0) is 38.1 Å². The van der Waals surface area contributed by atoms with Gasteiger partial charge in [0.15, 0.2) is 0 Å². The van der Waals surface area contributed by atoms with Crippen LogP contribution in [-0.4, -0.2) is 28.8 Å². The summed E-state index contributed by atoms with van der Waals surface area (Å²) in [5.74, 6) is 0.301. The molecule has 0 fully saturated rings. The first kappa shape index (κ1) is 23.6. The number of esters is 1. The zero-order chi connectivity index (χ0) is 23.3. The van der Waals surface area contributed by atoms with E-state index in [4.69, 9.17) is 43.1 Å². The van der Waals surface area contributed by atoms with Crippen LogP contribution in [0.1, 0.15) is 32.3 Å². The Labute approximate surface area is 196 Å². The maximum atomic E-state index is 12.2. The SMILES string of the molecule is CCOC(=O)C(C)c1ccccc1OC(C)Oc1ccc(-c2cc(Cl)nc(N)n2)c(Cl)c1.